The molecule has 2 fully saturated rings. The van der Waals surface area contributed by atoms with Crippen LogP contribution >= 0.6 is 0 Å². The summed E-state index contributed by atoms with van der Waals surface area (Å²) in [5.74, 6) is 0.234. The fourth-order valence-corrected chi connectivity index (χ4v) is 5.23. The maximum absolute atomic E-state index is 12.2. The third kappa shape index (κ3) is 5.71. The van der Waals surface area contributed by atoms with Crippen molar-refractivity contribution in [3.63, 3.8) is 0 Å². The van der Waals surface area contributed by atoms with Gasteiger partial charge in [0.15, 0.2) is 17.6 Å². The predicted octanol–water partition coefficient (Wildman–Crippen LogP) is 1.48. The van der Waals surface area contributed by atoms with Gasteiger partial charge in [0.2, 0.25) is 12.0 Å². The molecule has 37 heavy (non-hydrogen) atoms. The number of hydrogen-bond acceptors (Lipinski definition) is 11. The summed E-state index contributed by atoms with van der Waals surface area (Å²) in [6, 6.07) is 1.86. The largest absolute Gasteiger partial charge is 0.490 e. The van der Waals surface area contributed by atoms with E-state index in [-0.39, 0.29) is 30.9 Å². The Morgan fingerprint density at radius 2 is 1.81 bits per heavy atom. The minimum absolute atomic E-state index is 0.0445. The van der Waals surface area contributed by atoms with Crippen LogP contribution in [0.3, 0.4) is 0 Å². The van der Waals surface area contributed by atoms with Crippen molar-refractivity contribution in [1.82, 2.24) is 0 Å². The second-order valence-corrected chi connectivity index (χ2v) is 9.58. The van der Waals surface area contributed by atoms with Gasteiger partial charge >= 0.3 is 5.97 Å². The number of fused-ring (bicyclic) bond motifs is 1. The molecule has 2 heterocycles. The summed E-state index contributed by atoms with van der Waals surface area (Å²) in [6.07, 6.45) is -3.11. The highest BCUT2D eigenvalue weighted by Gasteiger charge is 2.48. The van der Waals surface area contributed by atoms with E-state index in [1.165, 1.54) is 13.5 Å². The highest BCUT2D eigenvalue weighted by atomic mass is 16.7. The molecule has 0 amide bonds. The van der Waals surface area contributed by atoms with Crippen LogP contribution in [0, 0.1) is 0 Å². The lowest BCUT2D eigenvalue weighted by atomic mass is 9.83. The normalized spacial score (nSPS) is 27.0. The molecule has 2 aromatic rings. The number of aliphatic hydroxyl groups is 5. The molecule has 1 saturated heterocycles. The topological polar surface area (TPSA) is 168 Å². The Morgan fingerprint density at radius 3 is 2.46 bits per heavy atom. The SMILES string of the molecule is CCOC(=O)CCc1cc2c(C3CCCCC3)coc2c(OC)c1O[C@H]1O[C@H](C(O)O)[C@@H](O)[C@H](O)[C@H]1O. The second kappa shape index (κ2) is 12.0. The van der Waals surface area contributed by atoms with E-state index >= 15 is 0 Å². The Hall–Kier alpha value is -2.41. The maximum atomic E-state index is 12.2. The van der Waals surface area contributed by atoms with E-state index in [9.17, 15) is 30.3 Å². The van der Waals surface area contributed by atoms with Gasteiger partial charge in [-0.2, -0.15) is 0 Å². The van der Waals surface area contributed by atoms with Crippen LogP contribution in [0.5, 0.6) is 11.5 Å². The van der Waals surface area contributed by atoms with E-state index in [4.69, 9.17) is 23.4 Å². The Morgan fingerprint density at radius 1 is 1.08 bits per heavy atom. The Kier molecular flexibility index (Phi) is 8.94. The molecule has 11 nitrogen and oxygen atoms in total. The monoisotopic (exact) mass is 524 g/mol. The summed E-state index contributed by atoms with van der Waals surface area (Å²) in [6.45, 7) is 1.96. The molecule has 206 valence electrons. The lowest BCUT2D eigenvalue weighted by Gasteiger charge is -2.41. The van der Waals surface area contributed by atoms with Crippen molar-refractivity contribution in [3.05, 3.63) is 23.5 Å². The zero-order valence-electron chi connectivity index (χ0n) is 21.0. The van der Waals surface area contributed by atoms with Gasteiger partial charge in [0.25, 0.3) is 0 Å². The van der Waals surface area contributed by atoms with Crippen LogP contribution in [-0.2, 0) is 20.7 Å². The van der Waals surface area contributed by atoms with Gasteiger partial charge in [-0.25, -0.2) is 0 Å². The van der Waals surface area contributed by atoms with Gasteiger partial charge in [-0.15, -0.1) is 0 Å². The van der Waals surface area contributed by atoms with Gasteiger partial charge in [-0.05, 0) is 43.7 Å². The summed E-state index contributed by atoms with van der Waals surface area (Å²) >= 11 is 0. The zero-order valence-corrected chi connectivity index (χ0v) is 21.0. The molecule has 0 unspecified atom stereocenters. The first-order valence-electron chi connectivity index (χ1n) is 12.8. The van der Waals surface area contributed by atoms with Crippen LogP contribution in [0.2, 0.25) is 0 Å². The lowest BCUT2D eigenvalue weighted by molar-refractivity contribution is -0.310. The average molecular weight is 525 g/mol. The van der Waals surface area contributed by atoms with E-state index in [1.54, 1.807) is 13.2 Å². The van der Waals surface area contributed by atoms with Gasteiger partial charge in [0.1, 0.15) is 24.4 Å². The number of furan rings is 1. The number of aryl methyl sites for hydroxylation is 1. The van der Waals surface area contributed by atoms with E-state index in [0.717, 1.165) is 36.6 Å². The first kappa shape index (κ1) is 27.6. The van der Waals surface area contributed by atoms with Crippen LogP contribution in [0.25, 0.3) is 11.0 Å². The Bertz CT molecular complexity index is 1060. The van der Waals surface area contributed by atoms with Crippen LogP contribution in [0.15, 0.2) is 16.7 Å². The number of carbonyl (C=O) groups is 1. The van der Waals surface area contributed by atoms with E-state index < -0.39 is 43.0 Å². The fraction of sp³-hybridized carbons (Fsp3) is 0.654. The number of esters is 1. The minimum atomic E-state index is -2.14. The van der Waals surface area contributed by atoms with Gasteiger partial charge in [-0.3, -0.25) is 4.79 Å². The predicted molar refractivity (Wildman–Crippen MR) is 129 cm³/mol. The minimum Gasteiger partial charge on any atom is -0.490 e. The molecule has 5 N–H and O–H groups in total. The van der Waals surface area contributed by atoms with Crippen molar-refractivity contribution in [2.75, 3.05) is 13.7 Å². The highest BCUT2D eigenvalue weighted by Crippen LogP contribution is 2.46. The summed E-state index contributed by atoms with van der Waals surface area (Å²) in [7, 11) is 1.43. The number of benzene rings is 1. The molecular formula is C26H36O11. The standard InChI is InChI=1S/C26H36O11/c1-3-34-17(27)10-9-14-11-15-16(13-7-5-4-6-8-13)12-35-22(15)24(33-2)21(14)36-26-20(30)18(28)19(29)23(37-26)25(31)32/h11-13,18-20,23,25-26,28-32H,3-10H2,1-2H3/t18-,19-,20+,23-,26-/m0/s1. The van der Waals surface area contributed by atoms with Crippen LogP contribution in [0.1, 0.15) is 62.5 Å². The lowest BCUT2D eigenvalue weighted by Crippen LogP contribution is -2.62. The molecule has 2 aliphatic rings. The number of rotatable bonds is 9. The highest BCUT2D eigenvalue weighted by molar-refractivity contribution is 5.90. The van der Waals surface area contributed by atoms with Crippen molar-refractivity contribution >= 4 is 16.9 Å². The third-order valence-corrected chi connectivity index (χ3v) is 7.17. The number of methoxy groups -OCH3 is 1. The Balaban J connectivity index is 1.75. The van der Waals surface area contributed by atoms with Crippen molar-refractivity contribution in [2.45, 2.75) is 94.8 Å². The number of hydrogen-bond donors (Lipinski definition) is 5. The van der Waals surface area contributed by atoms with Crippen molar-refractivity contribution in [3.8, 4) is 11.5 Å². The fourth-order valence-electron chi connectivity index (χ4n) is 5.23. The molecule has 5 atom stereocenters. The van der Waals surface area contributed by atoms with Gasteiger partial charge in [0, 0.05) is 17.4 Å². The molecule has 4 rings (SSSR count). The molecule has 1 saturated carbocycles. The first-order chi connectivity index (χ1) is 17.8. The summed E-state index contributed by atoms with van der Waals surface area (Å²) in [4.78, 5) is 12.2. The molecule has 1 aromatic carbocycles. The van der Waals surface area contributed by atoms with Crippen LogP contribution in [-0.4, -0.2) is 82.2 Å². The van der Waals surface area contributed by atoms with E-state index in [2.05, 4.69) is 0 Å². The van der Waals surface area contributed by atoms with Crippen molar-refractivity contribution in [1.29, 1.82) is 0 Å². The van der Waals surface area contributed by atoms with Crippen LogP contribution < -0.4 is 9.47 Å². The number of ether oxygens (including phenoxy) is 4. The molecule has 0 spiro atoms. The smallest absolute Gasteiger partial charge is 0.306 e. The number of carbonyl (C=O) groups excluding carboxylic acids is 1. The third-order valence-electron chi connectivity index (χ3n) is 7.17. The maximum Gasteiger partial charge on any atom is 0.306 e. The molecule has 1 aliphatic heterocycles. The van der Waals surface area contributed by atoms with Crippen molar-refractivity contribution < 1.29 is 53.7 Å². The zero-order chi connectivity index (χ0) is 26.7. The molecule has 1 aromatic heterocycles. The molecule has 11 heteroatoms. The van der Waals surface area contributed by atoms with Crippen LogP contribution in [0.4, 0.5) is 0 Å². The second-order valence-electron chi connectivity index (χ2n) is 9.58. The first-order valence-corrected chi connectivity index (χ1v) is 12.8. The molecular weight excluding hydrogens is 488 g/mol. The van der Waals surface area contributed by atoms with E-state index in [1.807, 2.05) is 6.07 Å². The summed E-state index contributed by atoms with van der Waals surface area (Å²) < 4.78 is 28.1. The number of aliphatic hydroxyl groups excluding tert-OH is 4. The molecule has 0 bridgehead atoms. The average Bonchev–Trinajstić information content (AvgIpc) is 3.31. The Labute approximate surface area is 214 Å². The summed E-state index contributed by atoms with van der Waals surface area (Å²) in [5.41, 5.74) is 2.02. The van der Waals surface area contributed by atoms with Gasteiger partial charge < -0.3 is 48.9 Å². The van der Waals surface area contributed by atoms with E-state index in [0.29, 0.717) is 17.1 Å². The molecule has 1 aliphatic carbocycles. The quantitative estimate of drug-likeness (QED) is 0.238. The van der Waals surface area contributed by atoms with Gasteiger partial charge in [-0.1, -0.05) is 19.3 Å². The van der Waals surface area contributed by atoms with Crippen molar-refractivity contribution in [2.24, 2.45) is 0 Å². The van der Waals surface area contributed by atoms with Gasteiger partial charge in [0.05, 0.1) is 20.0 Å². The molecule has 0 radical (unpaired) electrons. The summed E-state index contributed by atoms with van der Waals surface area (Å²) in [5, 5.41) is 50.9.